The van der Waals surface area contributed by atoms with Gasteiger partial charge in [0.15, 0.2) is 0 Å². The van der Waals surface area contributed by atoms with Crippen molar-refractivity contribution in [2.24, 2.45) is 5.73 Å². The van der Waals surface area contributed by atoms with Gasteiger partial charge in [-0.1, -0.05) is 18.6 Å². The molecule has 0 aromatic heterocycles. The minimum Gasteiger partial charge on any atom is -0.366 e. The van der Waals surface area contributed by atoms with Gasteiger partial charge in [-0.05, 0) is 25.0 Å². The van der Waals surface area contributed by atoms with Crippen molar-refractivity contribution in [2.45, 2.75) is 19.3 Å². The van der Waals surface area contributed by atoms with Crippen molar-refractivity contribution in [3.05, 3.63) is 35.4 Å². The molecule has 18 heavy (non-hydrogen) atoms. The smallest absolute Gasteiger partial charge is 0.266 e. The maximum Gasteiger partial charge on any atom is 0.266 e. The lowest BCUT2D eigenvalue weighted by atomic mass is 10.1. The molecular formula is C13H17N3O2. The Morgan fingerprint density at radius 1 is 1.06 bits per heavy atom. The van der Waals surface area contributed by atoms with Crippen LogP contribution in [0.15, 0.2) is 24.3 Å². The van der Waals surface area contributed by atoms with Gasteiger partial charge in [-0.2, -0.15) is 0 Å². The summed E-state index contributed by atoms with van der Waals surface area (Å²) in [6, 6.07) is 6.59. The van der Waals surface area contributed by atoms with E-state index in [1.807, 2.05) is 5.01 Å². The number of nitrogens with zero attached hydrogens (tertiary/aromatic N) is 1. The van der Waals surface area contributed by atoms with Gasteiger partial charge in [0.05, 0.1) is 11.1 Å². The normalized spacial score (nSPS) is 16.2. The summed E-state index contributed by atoms with van der Waals surface area (Å²) in [5, 5.41) is 1.89. The molecule has 5 nitrogen and oxygen atoms in total. The van der Waals surface area contributed by atoms with E-state index in [1.165, 1.54) is 6.42 Å². The molecule has 1 aromatic carbocycles. The molecule has 1 saturated heterocycles. The summed E-state index contributed by atoms with van der Waals surface area (Å²) in [7, 11) is 0. The zero-order valence-corrected chi connectivity index (χ0v) is 10.2. The number of hydrogen-bond donors (Lipinski definition) is 2. The fourth-order valence-electron chi connectivity index (χ4n) is 2.11. The first-order chi connectivity index (χ1) is 8.68. The number of rotatable bonds is 3. The lowest BCUT2D eigenvalue weighted by Gasteiger charge is -2.27. The second-order valence-corrected chi connectivity index (χ2v) is 4.40. The molecule has 1 aliphatic rings. The van der Waals surface area contributed by atoms with Gasteiger partial charge in [0.25, 0.3) is 5.91 Å². The molecule has 0 saturated carbocycles. The summed E-state index contributed by atoms with van der Waals surface area (Å²) in [5.41, 5.74) is 8.66. The first kappa shape index (κ1) is 12.6. The summed E-state index contributed by atoms with van der Waals surface area (Å²) in [5.74, 6) is -0.856. The highest BCUT2D eigenvalue weighted by Gasteiger charge is 2.17. The number of primary amides is 1. The van der Waals surface area contributed by atoms with E-state index >= 15 is 0 Å². The van der Waals surface area contributed by atoms with Gasteiger partial charge in [0.1, 0.15) is 0 Å². The quantitative estimate of drug-likeness (QED) is 0.833. The van der Waals surface area contributed by atoms with Crippen LogP contribution in [0.1, 0.15) is 40.0 Å². The summed E-state index contributed by atoms with van der Waals surface area (Å²) in [6.45, 7) is 1.70. The predicted octanol–water partition coefficient (Wildman–Crippen LogP) is 0.916. The number of benzene rings is 1. The summed E-state index contributed by atoms with van der Waals surface area (Å²) in [6.07, 6.45) is 3.36. The van der Waals surface area contributed by atoms with Gasteiger partial charge in [-0.25, -0.2) is 5.01 Å². The van der Waals surface area contributed by atoms with Crippen molar-refractivity contribution in [3.8, 4) is 0 Å². The van der Waals surface area contributed by atoms with Gasteiger partial charge in [-0.3, -0.25) is 15.0 Å². The summed E-state index contributed by atoms with van der Waals surface area (Å²) in [4.78, 5) is 23.3. The molecule has 1 fully saturated rings. The van der Waals surface area contributed by atoms with Crippen LogP contribution in [-0.2, 0) is 0 Å². The maximum atomic E-state index is 12.1. The number of piperidine rings is 1. The van der Waals surface area contributed by atoms with Crippen molar-refractivity contribution in [3.63, 3.8) is 0 Å². The molecule has 1 heterocycles. The lowest BCUT2D eigenvalue weighted by molar-refractivity contribution is 0.0745. The minimum atomic E-state index is -0.584. The molecule has 0 unspecified atom stereocenters. The van der Waals surface area contributed by atoms with E-state index in [0.29, 0.717) is 5.56 Å². The molecule has 0 aliphatic carbocycles. The molecule has 0 bridgehead atoms. The second-order valence-electron chi connectivity index (χ2n) is 4.40. The Morgan fingerprint density at radius 3 is 2.28 bits per heavy atom. The van der Waals surface area contributed by atoms with Gasteiger partial charge in [0.2, 0.25) is 5.91 Å². The van der Waals surface area contributed by atoms with Crippen molar-refractivity contribution in [1.29, 1.82) is 0 Å². The van der Waals surface area contributed by atoms with E-state index in [4.69, 9.17) is 5.73 Å². The minimum absolute atomic E-state index is 0.256. The van der Waals surface area contributed by atoms with Crippen LogP contribution in [0, 0.1) is 0 Å². The number of nitrogens with one attached hydrogen (secondary N) is 1. The Hall–Kier alpha value is -1.88. The largest absolute Gasteiger partial charge is 0.366 e. The number of nitrogens with two attached hydrogens (primary N) is 1. The Balaban J connectivity index is 2.10. The van der Waals surface area contributed by atoms with E-state index in [-0.39, 0.29) is 11.5 Å². The third-order valence-corrected chi connectivity index (χ3v) is 3.05. The van der Waals surface area contributed by atoms with E-state index < -0.39 is 5.91 Å². The Labute approximate surface area is 106 Å². The van der Waals surface area contributed by atoms with Crippen LogP contribution in [0.2, 0.25) is 0 Å². The molecule has 96 valence electrons. The highest BCUT2D eigenvalue weighted by atomic mass is 16.2. The highest BCUT2D eigenvalue weighted by molar-refractivity contribution is 6.06. The van der Waals surface area contributed by atoms with E-state index in [1.54, 1.807) is 24.3 Å². The van der Waals surface area contributed by atoms with E-state index in [0.717, 1.165) is 25.9 Å². The summed E-state index contributed by atoms with van der Waals surface area (Å²) >= 11 is 0. The topological polar surface area (TPSA) is 75.4 Å². The van der Waals surface area contributed by atoms with Crippen LogP contribution in [0.5, 0.6) is 0 Å². The Bertz CT molecular complexity index is 453. The molecule has 2 amide bonds. The number of carbonyl (C=O) groups excluding carboxylic acids is 2. The molecule has 2 rings (SSSR count). The Kier molecular flexibility index (Phi) is 3.94. The SMILES string of the molecule is NC(=O)c1ccccc1C(=O)NN1CCCCC1. The maximum absolute atomic E-state index is 12.1. The molecule has 1 aromatic rings. The first-order valence-corrected chi connectivity index (χ1v) is 6.13. The highest BCUT2D eigenvalue weighted by Crippen LogP contribution is 2.10. The zero-order chi connectivity index (χ0) is 13.0. The molecule has 5 heteroatoms. The average Bonchev–Trinajstić information content (AvgIpc) is 2.40. The van der Waals surface area contributed by atoms with Gasteiger partial charge in [0, 0.05) is 13.1 Å². The number of hydrogen-bond acceptors (Lipinski definition) is 3. The third-order valence-electron chi connectivity index (χ3n) is 3.05. The average molecular weight is 247 g/mol. The predicted molar refractivity (Wildman–Crippen MR) is 67.9 cm³/mol. The van der Waals surface area contributed by atoms with Crippen molar-refractivity contribution < 1.29 is 9.59 Å². The number of hydrazine groups is 1. The summed E-state index contributed by atoms with van der Waals surface area (Å²) < 4.78 is 0. The molecule has 1 aliphatic heterocycles. The fraction of sp³-hybridized carbons (Fsp3) is 0.385. The van der Waals surface area contributed by atoms with E-state index in [2.05, 4.69) is 5.43 Å². The molecule has 0 radical (unpaired) electrons. The fourth-order valence-corrected chi connectivity index (χ4v) is 2.11. The molecular weight excluding hydrogens is 230 g/mol. The van der Waals surface area contributed by atoms with Crippen molar-refractivity contribution in [2.75, 3.05) is 13.1 Å². The van der Waals surface area contributed by atoms with Crippen molar-refractivity contribution in [1.82, 2.24) is 10.4 Å². The Morgan fingerprint density at radius 2 is 1.67 bits per heavy atom. The molecule has 0 spiro atoms. The van der Waals surface area contributed by atoms with Crippen LogP contribution in [0.3, 0.4) is 0 Å². The van der Waals surface area contributed by atoms with E-state index in [9.17, 15) is 9.59 Å². The van der Waals surface area contributed by atoms with Crippen LogP contribution in [-0.4, -0.2) is 29.9 Å². The standard InChI is InChI=1S/C13H17N3O2/c14-12(17)10-6-2-3-7-11(10)13(18)15-16-8-4-1-5-9-16/h2-3,6-7H,1,4-5,8-9H2,(H2,14,17)(H,15,18). The number of amides is 2. The van der Waals surface area contributed by atoms with Gasteiger partial charge < -0.3 is 5.73 Å². The first-order valence-electron chi connectivity index (χ1n) is 6.13. The van der Waals surface area contributed by atoms with Crippen molar-refractivity contribution >= 4 is 11.8 Å². The van der Waals surface area contributed by atoms with Gasteiger partial charge >= 0.3 is 0 Å². The third kappa shape index (κ3) is 2.87. The second kappa shape index (κ2) is 5.64. The number of carbonyl (C=O) groups is 2. The van der Waals surface area contributed by atoms with Gasteiger partial charge in [-0.15, -0.1) is 0 Å². The van der Waals surface area contributed by atoms with Crippen LogP contribution in [0.4, 0.5) is 0 Å². The molecule has 3 N–H and O–H groups in total. The molecule has 0 atom stereocenters. The van der Waals surface area contributed by atoms with Crippen LogP contribution < -0.4 is 11.2 Å². The van der Waals surface area contributed by atoms with Crippen LogP contribution in [0.25, 0.3) is 0 Å². The monoisotopic (exact) mass is 247 g/mol. The zero-order valence-electron chi connectivity index (χ0n) is 10.2. The van der Waals surface area contributed by atoms with Crippen LogP contribution >= 0.6 is 0 Å². The lowest BCUT2D eigenvalue weighted by Crippen LogP contribution is -2.45.